The van der Waals surface area contributed by atoms with Gasteiger partial charge in [0.2, 0.25) is 0 Å². The molecule has 1 aromatic rings. The van der Waals surface area contributed by atoms with Crippen molar-refractivity contribution in [1.29, 1.82) is 0 Å². The molecule has 0 aromatic carbocycles. The number of hydrogen-bond acceptors (Lipinski definition) is 5. The maximum absolute atomic E-state index is 12.7. The number of aromatic nitrogens is 2. The van der Waals surface area contributed by atoms with Crippen molar-refractivity contribution in [1.82, 2.24) is 14.7 Å². The van der Waals surface area contributed by atoms with E-state index in [-0.39, 0.29) is 24.7 Å². The summed E-state index contributed by atoms with van der Waals surface area (Å²) in [6.07, 6.45) is 0.348. The molecule has 7 heteroatoms. The Bertz CT molecular complexity index is 500. The summed E-state index contributed by atoms with van der Waals surface area (Å²) in [5.41, 5.74) is 7.61. The van der Waals surface area contributed by atoms with E-state index in [1.54, 1.807) is 11.9 Å². The fraction of sp³-hybridized carbons (Fsp3) is 0.692. The first-order valence-electron chi connectivity index (χ1n) is 6.84. The number of nitrogen functional groups attached to an aromatic ring is 1. The highest BCUT2D eigenvalue weighted by atomic mass is 16.5. The van der Waals surface area contributed by atoms with Crippen molar-refractivity contribution in [3.63, 3.8) is 0 Å². The molecule has 112 valence electrons. The fourth-order valence-electron chi connectivity index (χ4n) is 2.46. The summed E-state index contributed by atoms with van der Waals surface area (Å²) in [7, 11) is 1.72. The lowest BCUT2D eigenvalue weighted by molar-refractivity contribution is -0.0669. The summed E-state index contributed by atoms with van der Waals surface area (Å²) < 4.78 is 6.98. The van der Waals surface area contributed by atoms with Crippen LogP contribution in [0.2, 0.25) is 0 Å². The van der Waals surface area contributed by atoms with Gasteiger partial charge in [-0.05, 0) is 13.3 Å². The summed E-state index contributed by atoms with van der Waals surface area (Å²) in [5, 5.41) is 13.5. The molecule has 2 unspecified atom stereocenters. The molecule has 2 heterocycles. The van der Waals surface area contributed by atoms with E-state index in [0.29, 0.717) is 31.0 Å². The molecule has 1 amide bonds. The van der Waals surface area contributed by atoms with Crippen LogP contribution in [-0.2, 0) is 18.2 Å². The van der Waals surface area contributed by atoms with Crippen LogP contribution in [-0.4, -0.2) is 57.6 Å². The van der Waals surface area contributed by atoms with Crippen LogP contribution in [0, 0.1) is 0 Å². The van der Waals surface area contributed by atoms with Gasteiger partial charge in [-0.15, -0.1) is 0 Å². The van der Waals surface area contributed by atoms with E-state index >= 15 is 0 Å². The topological polar surface area (TPSA) is 93.6 Å². The standard InChI is InChI=1S/C13H22N4O3/c1-4-10-11(14)12(16(3)15-10)13(19)17-5-9(6-18)20-7-8(17)2/h8-9,18H,4-7,14H2,1-3H3. The third-order valence-electron chi connectivity index (χ3n) is 3.67. The van der Waals surface area contributed by atoms with Gasteiger partial charge in [-0.1, -0.05) is 6.92 Å². The summed E-state index contributed by atoms with van der Waals surface area (Å²) >= 11 is 0. The number of morpholine rings is 1. The van der Waals surface area contributed by atoms with Crippen LogP contribution in [0.5, 0.6) is 0 Å². The maximum Gasteiger partial charge on any atom is 0.274 e. The summed E-state index contributed by atoms with van der Waals surface area (Å²) in [6, 6.07) is -0.0512. The molecule has 0 spiro atoms. The number of amides is 1. The maximum atomic E-state index is 12.7. The molecule has 1 aromatic heterocycles. The number of carbonyl (C=O) groups is 1. The highest BCUT2D eigenvalue weighted by molar-refractivity contribution is 5.98. The Labute approximate surface area is 118 Å². The van der Waals surface area contributed by atoms with Crippen LogP contribution in [0.25, 0.3) is 0 Å². The minimum absolute atomic E-state index is 0.0512. The fourth-order valence-corrected chi connectivity index (χ4v) is 2.46. The van der Waals surface area contributed by atoms with Gasteiger partial charge in [-0.25, -0.2) is 0 Å². The number of aliphatic hydroxyl groups is 1. The zero-order valence-corrected chi connectivity index (χ0v) is 12.2. The molecular formula is C13H22N4O3. The van der Waals surface area contributed by atoms with Gasteiger partial charge in [0, 0.05) is 13.6 Å². The van der Waals surface area contributed by atoms with Crippen molar-refractivity contribution >= 4 is 11.6 Å². The van der Waals surface area contributed by atoms with Crippen molar-refractivity contribution in [2.45, 2.75) is 32.4 Å². The average molecular weight is 282 g/mol. The van der Waals surface area contributed by atoms with Crippen molar-refractivity contribution in [3.8, 4) is 0 Å². The molecule has 1 saturated heterocycles. The van der Waals surface area contributed by atoms with Crippen molar-refractivity contribution < 1.29 is 14.6 Å². The molecule has 0 aliphatic carbocycles. The Kier molecular flexibility index (Phi) is 4.29. The van der Waals surface area contributed by atoms with Gasteiger partial charge in [0.05, 0.1) is 36.7 Å². The van der Waals surface area contributed by atoms with Gasteiger partial charge in [0.15, 0.2) is 0 Å². The first kappa shape index (κ1) is 14.8. The van der Waals surface area contributed by atoms with Gasteiger partial charge in [-0.3, -0.25) is 9.48 Å². The predicted molar refractivity (Wildman–Crippen MR) is 74.3 cm³/mol. The molecule has 0 saturated carbocycles. The number of nitrogens with zero attached hydrogens (tertiary/aromatic N) is 3. The lowest BCUT2D eigenvalue weighted by atomic mass is 10.1. The Morgan fingerprint density at radius 1 is 1.60 bits per heavy atom. The van der Waals surface area contributed by atoms with E-state index in [1.807, 2.05) is 13.8 Å². The first-order chi connectivity index (χ1) is 9.49. The predicted octanol–water partition coefficient (Wildman–Crippen LogP) is -0.213. The number of carbonyl (C=O) groups excluding carboxylic acids is 1. The molecule has 0 radical (unpaired) electrons. The molecule has 1 aliphatic rings. The molecule has 3 N–H and O–H groups in total. The van der Waals surface area contributed by atoms with Gasteiger partial charge in [0.1, 0.15) is 5.69 Å². The van der Waals surface area contributed by atoms with E-state index < -0.39 is 0 Å². The highest BCUT2D eigenvalue weighted by Gasteiger charge is 2.32. The summed E-state index contributed by atoms with van der Waals surface area (Å²) in [4.78, 5) is 14.4. The molecule has 1 aliphatic heterocycles. The number of aliphatic hydroxyl groups excluding tert-OH is 1. The Morgan fingerprint density at radius 2 is 2.30 bits per heavy atom. The number of nitrogens with two attached hydrogens (primary N) is 1. The number of ether oxygens (including phenoxy) is 1. The Morgan fingerprint density at radius 3 is 2.85 bits per heavy atom. The lowest BCUT2D eigenvalue weighted by Gasteiger charge is -2.37. The van der Waals surface area contributed by atoms with Crippen LogP contribution in [0.1, 0.15) is 30.0 Å². The Hall–Kier alpha value is -1.60. The largest absolute Gasteiger partial charge is 0.395 e. The van der Waals surface area contributed by atoms with Crippen LogP contribution in [0.15, 0.2) is 0 Å². The lowest BCUT2D eigenvalue weighted by Crippen LogP contribution is -2.52. The highest BCUT2D eigenvalue weighted by Crippen LogP contribution is 2.22. The van der Waals surface area contributed by atoms with E-state index in [9.17, 15) is 9.90 Å². The third-order valence-corrected chi connectivity index (χ3v) is 3.67. The molecule has 20 heavy (non-hydrogen) atoms. The smallest absolute Gasteiger partial charge is 0.274 e. The molecule has 1 fully saturated rings. The van der Waals surface area contributed by atoms with Crippen LogP contribution in [0.4, 0.5) is 5.69 Å². The number of hydrogen-bond donors (Lipinski definition) is 2. The normalized spacial score (nSPS) is 23.1. The summed E-state index contributed by atoms with van der Waals surface area (Å²) in [6.45, 7) is 4.54. The average Bonchev–Trinajstić information content (AvgIpc) is 2.73. The minimum atomic E-state index is -0.338. The van der Waals surface area contributed by atoms with Crippen LogP contribution < -0.4 is 5.73 Å². The van der Waals surface area contributed by atoms with Crippen molar-refractivity contribution in [2.24, 2.45) is 7.05 Å². The van der Waals surface area contributed by atoms with E-state index in [1.165, 1.54) is 4.68 Å². The molecule has 0 bridgehead atoms. The number of anilines is 1. The van der Waals surface area contributed by atoms with Gasteiger partial charge in [0.25, 0.3) is 5.91 Å². The molecule has 2 atom stereocenters. The quantitative estimate of drug-likeness (QED) is 0.800. The van der Waals surface area contributed by atoms with Crippen LogP contribution >= 0.6 is 0 Å². The number of rotatable bonds is 3. The van der Waals surface area contributed by atoms with E-state index in [4.69, 9.17) is 10.5 Å². The molecule has 7 nitrogen and oxygen atoms in total. The zero-order chi connectivity index (χ0) is 14.9. The molecular weight excluding hydrogens is 260 g/mol. The minimum Gasteiger partial charge on any atom is -0.395 e. The second kappa shape index (κ2) is 5.80. The number of aryl methyl sites for hydroxylation is 2. The van der Waals surface area contributed by atoms with Gasteiger partial charge in [-0.2, -0.15) is 5.10 Å². The second-order valence-corrected chi connectivity index (χ2v) is 5.13. The van der Waals surface area contributed by atoms with Gasteiger partial charge >= 0.3 is 0 Å². The van der Waals surface area contributed by atoms with E-state index in [0.717, 1.165) is 5.69 Å². The molecule has 2 rings (SSSR count). The Balaban J connectivity index is 2.28. The second-order valence-electron chi connectivity index (χ2n) is 5.13. The van der Waals surface area contributed by atoms with Crippen molar-refractivity contribution in [2.75, 3.05) is 25.5 Å². The SMILES string of the molecule is CCc1nn(C)c(C(=O)N2CC(CO)OCC2C)c1N. The third kappa shape index (κ3) is 2.51. The monoisotopic (exact) mass is 282 g/mol. The van der Waals surface area contributed by atoms with Gasteiger partial charge < -0.3 is 20.5 Å². The zero-order valence-electron chi connectivity index (χ0n) is 12.2. The van der Waals surface area contributed by atoms with Crippen LogP contribution in [0.3, 0.4) is 0 Å². The van der Waals surface area contributed by atoms with E-state index in [2.05, 4.69) is 5.10 Å². The first-order valence-corrected chi connectivity index (χ1v) is 6.84. The van der Waals surface area contributed by atoms with Crippen molar-refractivity contribution in [3.05, 3.63) is 11.4 Å². The summed E-state index contributed by atoms with van der Waals surface area (Å²) in [5.74, 6) is -0.161.